The Balaban J connectivity index is 2.20. The maximum Gasteiger partial charge on any atom is 0.278 e. The van der Waals surface area contributed by atoms with E-state index in [2.05, 4.69) is 10.5 Å². The molecule has 0 bridgehead atoms. The lowest BCUT2D eigenvalue weighted by molar-refractivity contribution is -0.385. The van der Waals surface area contributed by atoms with Crippen molar-refractivity contribution in [3.63, 3.8) is 0 Å². The molecule has 2 rings (SSSR count). The van der Waals surface area contributed by atoms with Crippen LogP contribution in [0.1, 0.15) is 12.5 Å². The second kappa shape index (κ2) is 9.15. The molecule has 0 heterocycles. The third-order valence-corrected chi connectivity index (χ3v) is 5.17. The van der Waals surface area contributed by atoms with Crippen LogP contribution in [-0.2, 0) is 14.8 Å². The van der Waals surface area contributed by atoms with E-state index < -0.39 is 26.9 Å². The number of carbonyl (C=O) groups is 1. The van der Waals surface area contributed by atoms with Crippen LogP contribution in [0.25, 0.3) is 0 Å². The molecule has 0 aromatic heterocycles. The minimum absolute atomic E-state index is 0.172. The number of benzene rings is 2. The van der Waals surface area contributed by atoms with Crippen LogP contribution in [0.3, 0.4) is 0 Å². The Hall–Kier alpha value is -3.47. The van der Waals surface area contributed by atoms with Gasteiger partial charge in [0.05, 0.1) is 35.8 Å². The predicted octanol–water partition coefficient (Wildman–Crippen LogP) is 1.91. The molecule has 154 valence electrons. The van der Waals surface area contributed by atoms with Gasteiger partial charge in [-0.15, -0.1) is 0 Å². The zero-order chi connectivity index (χ0) is 21.6. The van der Waals surface area contributed by atoms with Gasteiger partial charge in [-0.3, -0.25) is 19.2 Å². The van der Waals surface area contributed by atoms with Gasteiger partial charge in [0.1, 0.15) is 11.8 Å². The summed E-state index contributed by atoms with van der Waals surface area (Å²) >= 11 is 0. The van der Waals surface area contributed by atoms with Crippen LogP contribution in [0, 0.1) is 10.1 Å². The lowest BCUT2D eigenvalue weighted by Crippen LogP contribution is -2.46. The second-order valence-corrected chi connectivity index (χ2v) is 7.84. The molecule has 0 radical (unpaired) electrons. The molecule has 11 heteroatoms. The van der Waals surface area contributed by atoms with Crippen molar-refractivity contribution in [1.29, 1.82) is 0 Å². The van der Waals surface area contributed by atoms with Gasteiger partial charge in [0.25, 0.3) is 11.6 Å². The molecule has 29 heavy (non-hydrogen) atoms. The molecule has 0 aliphatic rings. The molecule has 0 unspecified atom stereocenters. The van der Waals surface area contributed by atoms with E-state index in [1.54, 1.807) is 18.2 Å². The average Bonchev–Trinajstić information content (AvgIpc) is 2.67. The molecule has 2 aromatic carbocycles. The first kappa shape index (κ1) is 21.8. The molecule has 0 aliphatic carbocycles. The number of amides is 1. The van der Waals surface area contributed by atoms with Crippen molar-refractivity contribution in [2.45, 2.75) is 13.0 Å². The van der Waals surface area contributed by atoms with Crippen LogP contribution < -0.4 is 14.5 Å². The number of hydrogen-bond donors (Lipinski definition) is 1. The summed E-state index contributed by atoms with van der Waals surface area (Å²) in [5, 5.41) is 14.7. The zero-order valence-corrected chi connectivity index (χ0v) is 16.8. The standard InChI is InChI=1S/C18H20N4O6S/c1-13(21(29(3,26)27)15-8-10-16(28-2)11-9-15)18(23)20-19-12-14-6-4-5-7-17(14)22(24)25/h4-13H,1-3H3,(H,20,23)/b19-12-/t13-/m0/s1. The Kier molecular flexibility index (Phi) is 6.89. The molecular weight excluding hydrogens is 400 g/mol. The summed E-state index contributed by atoms with van der Waals surface area (Å²) in [4.78, 5) is 22.9. The molecule has 0 aliphatic heterocycles. The van der Waals surface area contributed by atoms with Crippen LogP contribution in [0.4, 0.5) is 11.4 Å². The molecule has 1 amide bonds. The number of nitro benzene ring substituents is 1. The molecule has 1 atom stereocenters. The number of sulfonamides is 1. The normalized spacial score (nSPS) is 12.4. The number of ether oxygens (including phenoxy) is 1. The summed E-state index contributed by atoms with van der Waals surface area (Å²) < 4.78 is 30.5. The molecule has 0 saturated carbocycles. The van der Waals surface area contributed by atoms with E-state index in [-0.39, 0.29) is 16.9 Å². The summed E-state index contributed by atoms with van der Waals surface area (Å²) in [6.07, 6.45) is 2.11. The first-order valence-corrected chi connectivity index (χ1v) is 10.2. The van der Waals surface area contributed by atoms with Crippen LogP contribution >= 0.6 is 0 Å². The number of rotatable bonds is 8. The highest BCUT2D eigenvalue weighted by Gasteiger charge is 2.29. The third kappa shape index (κ3) is 5.51. The Morgan fingerprint density at radius 1 is 1.24 bits per heavy atom. The first-order valence-electron chi connectivity index (χ1n) is 8.35. The number of carbonyl (C=O) groups excluding carboxylic acids is 1. The Morgan fingerprint density at radius 2 is 1.86 bits per heavy atom. The number of hydrazone groups is 1. The third-order valence-electron chi connectivity index (χ3n) is 3.93. The smallest absolute Gasteiger partial charge is 0.278 e. The predicted molar refractivity (Wildman–Crippen MR) is 109 cm³/mol. The fourth-order valence-electron chi connectivity index (χ4n) is 2.56. The maximum absolute atomic E-state index is 12.4. The van der Waals surface area contributed by atoms with Gasteiger partial charge in [0, 0.05) is 6.07 Å². The molecular formula is C18H20N4O6S. The monoisotopic (exact) mass is 420 g/mol. The van der Waals surface area contributed by atoms with E-state index >= 15 is 0 Å². The van der Waals surface area contributed by atoms with Crippen LogP contribution in [0.5, 0.6) is 5.75 Å². The number of methoxy groups -OCH3 is 1. The van der Waals surface area contributed by atoms with Gasteiger partial charge in [-0.05, 0) is 37.3 Å². The number of anilines is 1. The van der Waals surface area contributed by atoms with Crippen molar-refractivity contribution in [3.05, 3.63) is 64.2 Å². The first-order chi connectivity index (χ1) is 13.6. The van der Waals surface area contributed by atoms with Crippen LogP contribution in [0.15, 0.2) is 53.6 Å². The number of nitrogens with zero attached hydrogens (tertiary/aromatic N) is 3. The van der Waals surface area contributed by atoms with Crippen LogP contribution in [0.2, 0.25) is 0 Å². The fourth-order valence-corrected chi connectivity index (χ4v) is 3.73. The van der Waals surface area contributed by atoms with Gasteiger partial charge in [-0.2, -0.15) is 5.10 Å². The summed E-state index contributed by atoms with van der Waals surface area (Å²) in [6.45, 7) is 1.40. The van der Waals surface area contributed by atoms with Crippen molar-refractivity contribution in [1.82, 2.24) is 5.43 Å². The molecule has 0 spiro atoms. The summed E-state index contributed by atoms with van der Waals surface area (Å²) in [7, 11) is -2.31. The Morgan fingerprint density at radius 3 is 2.41 bits per heavy atom. The quantitative estimate of drug-likeness (QED) is 0.394. The van der Waals surface area contributed by atoms with Gasteiger partial charge in [0.15, 0.2) is 0 Å². The summed E-state index contributed by atoms with van der Waals surface area (Å²) in [6, 6.07) is 10.9. The lowest BCUT2D eigenvalue weighted by atomic mass is 10.2. The minimum Gasteiger partial charge on any atom is -0.497 e. The molecule has 0 saturated heterocycles. The van der Waals surface area contributed by atoms with E-state index in [4.69, 9.17) is 4.74 Å². The fraction of sp³-hybridized carbons (Fsp3) is 0.222. The summed E-state index contributed by atoms with van der Waals surface area (Å²) in [5.41, 5.74) is 2.52. The number of nitro groups is 1. The highest BCUT2D eigenvalue weighted by molar-refractivity contribution is 7.92. The average molecular weight is 420 g/mol. The lowest BCUT2D eigenvalue weighted by Gasteiger charge is -2.27. The van der Waals surface area contributed by atoms with E-state index in [0.717, 1.165) is 16.8 Å². The van der Waals surface area contributed by atoms with Crippen LogP contribution in [-0.4, -0.2) is 44.9 Å². The molecule has 10 nitrogen and oxygen atoms in total. The van der Waals surface area contributed by atoms with E-state index in [0.29, 0.717) is 5.75 Å². The Bertz CT molecular complexity index is 1020. The molecule has 0 fully saturated rings. The van der Waals surface area contributed by atoms with Gasteiger partial charge in [0.2, 0.25) is 10.0 Å². The number of hydrogen-bond acceptors (Lipinski definition) is 7. The van der Waals surface area contributed by atoms with Gasteiger partial charge >= 0.3 is 0 Å². The highest BCUT2D eigenvalue weighted by Crippen LogP contribution is 2.23. The maximum atomic E-state index is 12.4. The van der Waals surface area contributed by atoms with Crippen molar-refractivity contribution in [3.8, 4) is 5.75 Å². The SMILES string of the molecule is COc1ccc(N([C@@H](C)C(=O)N/N=C\c2ccccc2[N+](=O)[O-])S(C)(=O)=O)cc1. The van der Waals surface area contributed by atoms with Crippen molar-refractivity contribution in [2.24, 2.45) is 5.10 Å². The van der Waals surface area contributed by atoms with Gasteiger partial charge in [-0.25, -0.2) is 13.8 Å². The van der Waals surface area contributed by atoms with Crippen molar-refractivity contribution in [2.75, 3.05) is 17.7 Å². The van der Waals surface area contributed by atoms with Gasteiger partial charge in [-0.1, -0.05) is 12.1 Å². The largest absolute Gasteiger partial charge is 0.497 e. The zero-order valence-electron chi connectivity index (χ0n) is 16.0. The van der Waals surface area contributed by atoms with Crippen molar-refractivity contribution >= 4 is 33.5 Å². The van der Waals surface area contributed by atoms with E-state index in [9.17, 15) is 23.3 Å². The minimum atomic E-state index is -3.79. The summed E-state index contributed by atoms with van der Waals surface area (Å²) in [5.74, 6) is -0.172. The van der Waals surface area contributed by atoms with E-state index in [1.807, 2.05) is 0 Å². The second-order valence-electron chi connectivity index (χ2n) is 5.98. The highest BCUT2D eigenvalue weighted by atomic mass is 32.2. The topological polar surface area (TPSA) is 131 Å². The van der Waals surface area contributed by atoms with Gasteiger partial charge < -0.3 is 4.74 Å². The molecule has 1 N–H and O–H groups in total. The Labute approximate surface area is 168 Å². The van der Waals surface area contributed by atoms with Crippen molar-refractivity contribution < 1.29 is 22.9 Å². The number of para-hydroxylation sites is 1. The molecule has 2 aromatic rings. The number of nitrogens with one attached hydrogen (secondary N) is 1. The van der Waals surface area contributed by atoms with E-state index in [1.165, 1.54) is 44.4 Å².